The molecule has 39 heavy (non-hydrogen) atoms. The lowest BCUT2D eigenvalue weighted by molar-refractivity contribution is -0.198. The van der Waals surface area contributed by atoms with Crippen LogP contribution >= 0.6 is 11.6 Å². The smallest absolute Gasteiger partial charge is 0.303 e. The van der Waals surface area contributed by atoms with Crippen LogP contribution in [0.25, 0.3) is 0 Å². The molecule has 1 aliphatic carbocycles. The van der Waals surface area contributed by atoms with Crippen LogP contribution < -0.4 is 0 Å². The summed E-state index contributed by atoms with van der Waals surface area (Å²) in [6.45, 7) is 8.38. The number of aliphatic carboxylic acids is 1. The summed E-state index contributed by atoms with van der Waals surface area (Å²) in [5, 5.41) is 8.90. The number of carbonyl (C=O) groups is 1. The van der Waals surface area contributed by atoms with Crippen molar-refractivity contribution in [2.75, 3.05) is 13.2 Å². The minimum atomic E-state index is -0.743. The minimum Gasteiger partial charge on any atom is -0.481 e. The molecule has 3 rings (SSSR count). The Morgan fingerprint density at radius 3 is 2.44 bits per heavy atom. The van der Waals surface area contributed by atoms with Gasteiger partial charge in [-0.25, -0.2) is 0 Å². The third kappa shape index (κ3) is 11.1. The summed E-state index contributed by atoms with van der Waals surface area (Å²) in [5.41, 5.74) is -0.0192. The molecule has 3 fully saturated rings. The maximum atomic E-state index is 10.8. The van der Waals surface area contributed by atoms with Gasteiger partial charge in [-0.15, -0.1) is 11.6 Å². The molecule has 1 N–H and O–H groups in total. The van der Waals surface area contributed by atoms with Crippen LogP contribution in [0.15, 0.2) is 24.3 Å². The van der Waals surface area contributed by atoms with Crippen LogP contribution in [0.3, 0.4) is 0 Å². The number of rotatable bonds is 16. The Hall–Kier alpha value is -0.920. The highest BCUT2D eigenvalue weighted by Gasteiger charge is 2.43. The van der Waals surface area contributed by atoms with Gasteiger partial charge in [-0.2, -0.15) is 0 Å². The number of ether oxygens (including phenoxy) is 4. The van der Waals surface area contributed by atoms with Gasteiger partial charge in [-0.3, -0.25) is 4.79 Å². The molecule has 7 atom stereocenters. The third-order valence-corrected chi connectivity index (χ3v) is 9.04. The van der Waals surface area contributed by atoms with Crippen LogP contribution in [-0.2, 0) is 23.7 Å². The summed E-state index contributed by atoms with van der Waals surface area (Å²) >= 11 is 6.98. The lowest BCUT2D eigenvalue weighted by atomic mass is 9.80. The summed E-state index contributed by atoms with van der Waals surface area (Å²) in [6.07, 6.45) is 21.6. The SMILES string of the molecule is CCCCC(C)(C)[C@@H](C=C[C@@H]1[C@@H](CC=CCCCC(=O)O)[C@H](Cl)C[C@H]1OC1CCCCO1)OC1CCCCO1. The number of hydrogen-bond acceptors (Lipinski definition) is 5. The molecule has 6 nitrogen and oxygen atoms in total. The second kappa shape index (κ2) is 17.1. The zero-order valence-corrected chi connectivity index (χ0v) is 25.3. The van der Waals surface area contributed by atoms with Crippen LogP contribution in [0.5, 0.6) is 0 Å². The first-order valence-corrected chi connectivity index (χ1v) is 16.0. The van der Waals surface area contributed by atoms with E-state index in [4.69, 9.17) is 35.7 Å². The number of allylic oxidation sites excluding steroid dienone is 2. The lowest BCUT2D eigenvalue weighted by Crippen LogP contribution is -2.37. The molecule has 3 aliphatic rings. The molecule has 0 aromatic rings. The van der Waals surface area contributed by atoms with E-state index in [2.05, 4.69) is 45.1 Å². The quantitative estimate of drug-likeness (QED) is 0.115. The van der Waals surface area contributed by atoms with Crippen molar-refractivity contribution in [3.8, 4) is 0 Å². The molecule has 1 saturated carbocycles. The van der Waals surface area contributed by atoms with Crippen molar-refractivity contribution in [3.05, 3.63) is 24.3 Å². The predicted molar refractivity (Wildman–Crippen MR) is 156 cm³/mol. The van der Waals surface area contributed by atoms with E-state index in [1.165, 1.54) is 6.42 Å². The molecule has 0 radical (unpaired) electrons. The first kappa shape index (κ1) is 32.6. The van der Waals surface area contributed by atoms with Crippen LogP contribution in [0.2, 0.25) is 0 Å². The summed E-state index contributed by atoms with van der Waals surface area (Å²) in [7, 11) is 0. The molecule has 0 amide bonds. The highest BCUT2D eigenvalue weighted by atomic mass is 35.5. The van der Waals surface area contributed by atoms with Gasteiger partial charge in [0.1, 0.15) is 0 Å². The van der Waals surface area contributed by atoms with Crippen LogP contribution in [0.1, 0.15) is 111 Å². The first-order chi connectivity index (χ1) is 18.8. The van der Waals surface area contributed by atoms with Crippen molar-refractivity contribution < 1.29 is 28.8 Å². The predicted octanol–water partition coefficient (Wildman–Crippen LogP) is 8.03. The second-order valence-corrected chi connectivity index (χ2v) is 12.8. The number of carboxylic acids is 1. The van der Waals surface area contributed by atoms with Gasteiger partial charge in [0, 0.05) is 30.9 Å². The van der Waals surface area contributed by atoms with Crippen LogP contribution in [-0.4, -0.2) is 54.5 Å². The van der Waals surface area contributed by atoms with Gasteiger partial charge < -0.3 is 24.1 Å². The summed E-state index contributed by atoms with van der Waals surface area (Å²) < 4.78 is 25.1. The molecule has 2 saturated heterocycles. The standard InChI is InChI=1S/C32H53ClO6/c1-4-5-20-32(2,3)28(39-31-17-11-13-22-37-31)19-18-25-24(14-8-6-7-9-15-29(34)35)26(33)23-27(25)38-30-16-10-12-21-36-30/h6,8,18-19,24-28,30-31H,4-5,7,9-17,20-23H2,1-3H3,(H,34,35)/t24-,25-,26-,27-,28-,30?,31?/m1/s1. The Morgan fingerprint density at radius 2 is 1.79 bits per heavy atom. The summed E-state index contributed by atoms with van der Waals surface area (Å²) in [5.74, 6) is -0.355. The van der Waals surface area contributed by atoms with Gasteiger partial charge in [0.2, 0.25) is 0 Å². The van der Waals surface area contributed by atoms with Crippen molar-refractivity contribution in [1.29, 1.82) is 0 Å². The Labute approximate surface area is 241 Å². The van der Waals surface area contributed by atoms with E-state index in [0.29, 0.717) is 6.42 Å². The Balaban J connectivity index is 1.75. The van der Waals surface area contributed by atoms with E-state index in [-0.39, 0.29) is 53.8 Å². The Bertz CT molecular complexity index is 756. The largest absolute Gasteiger partial charge is 0.481 e. The van der Waals surface area contributed by atoms with Crippen molar-refractivity contribution in [2.24, 2.45) is 17.3 Å². The monoisotopic (exact) mass is 568 g/mol. The van der Waals surface area contributed by atoms with Gasteiger partial charge in [0.25, 0.3) is 0 Å². The van der Waals surface area contributed by atoms with Gasteiger partial charge >= 0.3 is 5.97 Å². The fourth-order valence-electron chi connectivity index (χ4n) is 6.02. The normalized spacial score (nSPS) is 31.3. The maximum Gasteiger partial charge on any atom is 0.303 e. The first-order valence-electron chi connectivity index (χ1n) is 15.5. The summed E-state index contributed by atoms with van der Waals surface area (Å²) in [4.78, 5) is 10.8. The van der Waals surface area contributed by atoms with E-state index in [0.717, 1.165) is 83.8 Å². The number of halogens is 1. The molecule has 0 bridgehead atoms. The fraction of sp³-hybridized carbons (Fsp3) is 0.844. The number of hydrogen-bond donors (Lipinski definition) is 1. The molecule has 0 spiro atoms. The molecule has 2 unspecified atom stereocenters. The topological polar surface area (TPSA) is 74.2 Å². The Morgan fingerprint density at radius 1 is 1.08 bits per heavy atom. The van der Waals surface area contributed by atoms with Crippen molar-refractivity contribution in [2.45, 2.75) is 141 Å². The fourth-order valence-corrected chi connectivity index (χ4v) is 6.47. The van der Waals surface area contributed by atoms with E-state index in [1.807, 2.05) is 0 Å². The Kier molecular flexibility index (Phi) is 14.3. The third-order valence-electron chi connectivity index (χ3n) is 8.54. The molecular weight excluding hydrogens is 516 g/mol. The highest BCUT2D eigenvalue weighted by molar-refractivity contribution is 6.21. The molecule has 224 valence electrons. The zero-order chi connectivity index (χ0) is 28.1. The molecule has 2 heterocycles. The van der Waals surface area contributed by atoms with Gasteiger partial charge in [-0.05, 0) is 82.0 Å². The number of carboxylic acid groups (broad SMARTS) is 1. The average Bonchev–Trinajstić information content (AvgIpc) is 3.21. The molecular formula is C32H53ClO6. The molecule has 7 heteroatoms. The molecule has 0 aromatic carbocycles. The van der Waals surface area contributed by atoms with Crippen LogP contribution in [0, 0.1) is 17.3 Å². The van der Waals surface area contributed by atoms with E-state index in [9.17, 15) is 4.79 Å². The zero-order valence-electron chi connectivity index (χ0n) is 24.5. The lowest BCUT2D eigenvalue weighted by Gasteiger charge is -2.36. The van der Waals surface area contributed by atoms with E-state index in [1.54, 1.807) is 0 Å². The maximum absolute atomic E-state index is 10.8. The van der Waals surface area contributed by atoms with Gasteiger partial charge in [0.15, 0.2) is 12.6 Å². The average molecular weight is 569 g/mol. The van der Waals surface area contributed by atoms with Gasteiger partial charge in [0.05, 0.1) is 12.2 Å². The second-order valence-electron chi connectivity index (χ2n) is 12.3. The van der Waals surface area contributed by atoms with Crippen LogP contribution in [0.4, 0.5) is 0 Å². The number of alkyl halides is 1. The van der Waals surface area contributed by atoms with Crippen molar-refractivity contribution in [1.82, 2.24) is 0 Å². The van der Waals surface area contributed by atoms with Crippen molar-refractivity contribution in [3.63, 3.8) is 0 Å². The van der Waals surface area contributed by atoms with E-state index < -0.39 is 5.97 Å². The highest BCUT2D eigenvalue weighted by Crippen LogP contribution is 2.43. The summed E-state index contributed by atoms with van der Waals surface area (Å²) in [6, 6.07) is 0. The van der Waals surface area contributed by atoms with Gasteiger partial charge in [-0.1, -0.05) is 57.9 Å². The molecule has 0 aromatic heterocycles. The van der Waals surface area contributed by atoms with Crippen molar-refractivity contribution >= 4 is 17.6 Å². The van der Waals surface area contributed by atoms with E-state index >= 15 is 0 Å². The number of unbranched alkanes of at least 4 members (excludes halogenated alkanes) is 2. The molecule has 2 aliphatic heterocycles. The minimum absolute atomic E-state index is 0.00240.